The Labute approximate surface area is 115 Å². The van der Waals surface area contributed by atoms with Gasteiger partial charge in [0.15, 0.2) is 0 Å². The summed E-state index contributed by atoms with van der Waals surface area (Å²) in [5.74, 6) is 0. The number of benzene rings is 1. The first-order chi connectivity index (χ1) is 9.27. The van der Waals surface area contributed by atoms with E-state index >= 15 is 0 Å². The second kappa shape index (κ2) is 5.51. The van der Waals surface area contributed by atoms with E-state index in [-0.39, 0.29) is 5.60 Å². The van der Waals surface area contributed by atoms with Gasteiger partial charge in [0, 0.05) is 18.7 Å². The van der Waals surface area contributed by atoms with Crippen molar-refractivity contribution in [3.63, 3.8) is 0 Å². The highest BCUT2D eigenvalue weighted by molar-refractivity contribution is 5.46. The van der Waals surface area contributed by atoms with Gasteiger partial charge in [0.05, 0.1) is 18.3 Å². The highest BCUT2D eigenvalue weighted by Gasteiger charge is 2.42. The Kier molecular flexibility index (Phi) is 3.76. The van der Waals surface area contributed by atoms with E-state index < -0.39 is 0 Å². The van der Waals surface area contributed by atoms with Crippen LogP contribution in [0.15, 0.2) is 24.3 Å². The molecule has 1 saturated heterocycles. The Balaban J connectivity index is 1.46. The minimum atomic E-state index is 0.175. The van der Waals surface area contributed by atoms with E-state index in [0.29, 0.717) is 6.10 Å². The summed E-state index contributed by atoms with van der Waals surface area (Å²) >= 11 is 0. The molecule has 2 N–H and O–H groups in total. The molecule has 19 heavy (non-hydrogen) atoms. The SMILES string of the molecule is Nc1ccccc1CCOC1CCOC2(CCC2)C1. The molecular weight excluding hydrogens is 238 g/mol. The third-order valence-electron chi connectivity index (χ3n) is 4.49. The minimum absolute atomic E-state index is 0.175. The van der Waals surface area contributed by atoms with Crippen LogP contribution < -0.4 is 5.73 Å². The van der Waals surface area contributed by atoms with Crippen molar-refractivity contribution in [3.05, 3.63) is 29.8 Å². The lowest BCUT2D eigenvalue weighted by molar-refractivity contribution is -0.168. The monoisotopic (exact) mass is 261 g/mol. The van der Waals surface area contributed by atoms with E-state index in [1.165, 1.54) is 24.8 Å². The van der Waals surface area contributed by atoms with E-state index in [4.69, 9.17) is 15.2 Å². The molecule has 3 rings (SSSR count). The number of ether oxygens (including phenoxy) is 2. The highest BCUT2D eigenvalue weighted by Crippen LogP contribution is 2.42. The molecule has 0 aromatic heterocycles. The molecule has 2 aliphatic rings. The second-order valence-corrected chi connectivity index (χ2v) is 5.82. The van der Waals surface area contributed by atoms with E-state index in [0.717, 1.165) is 38.2 Å². The predicted molar refractivity (Wildman–Crippen MR) is 76.1 cm³/mol. The van der Waals surface area contributed by atoms with Gasteiger partial charge in [0.2, 0.25) is 0 Å². The fourth-order valence-electron chi connectivity index (χ4n) is 3.14. The lowest BCUT2D eigenvalue weighted by atomic mass is 9.74. The van der Waals surface area contributed by atoms with Gasteiger partial charge in [0.25, 0.3) is 0 Å². The minimum Gasteiger partial charge on any atom is -0.399 e. The van der Waals surface area contributed by atoms with E-state index in [1.807, 2.05) is 18.2 Å². The molecular formula is C16H23NO2. The van der Waals surface area contributed by atoms with Crippen molar-refractivity contribution in [2.75, 3.05) is 18.9 Å². The topological polar surface area (TPSA) is 44.5 Å². The Morgan fingerprint density at radius 3 is 2.89 bits per heavy atom. The van der Waals surface area contributed by atoms with Crippen LogP contribution in [0.1, 0.15) is 37.7 Å². The molecule has 1 unspecified atom stereocenters. The average molecular weight is 261 g/mol. The van der Waals surface area contributed by atoms with Crippen LogP contribution in [-0.2, 0) is 15.9 Å². The molecule has 3 heteroatoms. The van der Waals surface area contributed by atoms with Gasteiger partial charge < -0.3 is 15.2 Å². The van der Waals surface area contributed by atoms with E-state index in [2.05, 4.69) is 6.07 Å². The normalized spacial score (nSPS) is 25.2. The lowest BCUT2D eigenvalue weighted by Crippen LogP contribution is -2.47. The third kappa shape index (κ3) is 2.93. The number of nitrogen functional groups attached to an aromatic ring is 1. The van der Waals surface area contributed by atoms with Gasteiger partial charge in [-0.3, -0.25) is 0 Å². The maximum absolute atomic E-state index is 6.04. The summed E-state index contributed by atoms with van der Waals surface area (Å²) in [5.41, 5.74) is 8.17. The maximum atomic E-state index is 6.04. The standard InChI is InChI=1S/C16H23NO2/c17-15-5-2-1-4-13(15)6-10-18-14-7-11-19-16(12-14)8-3-9-16/h1-2,4-5,14H,3,6-12,17H2. The van der Waals surface area contributed by atoms with Crippen LogP contribution in [0.3, 0.4) is 0 Å². The van der Waals surface area contributed by atoms with Crippen molar-refractivity contribution in [2.45, 2.75) is 50.2 Å². The largest absolute Gasteiger partial charge is 0.399 e. The molecule has 0 bridgehead atoms. The molecule has 1 heterocycles. The Morgan fingerprint density at radius 2 is 2.16 bits per heavy atom. The van der Waals surface area contributed by atoms with Crippen molar-refractivity contribution < 1.29 is 9.47 Å². The first-order valence-corrected chi connectivity index (χ1v) is 7.36. The smallest absolute Gasteiger partial charge is 0.0707 e. The first-order valence-electron chi connectivity index (χ1n) is 7.36. The summed E-state index contributed by atoms with van der Waals surface area (Å²) in [6, 6.07) is 8.03. The average Bonchev–Trinajstić information content (AvgIpc) is 2.40. The molecule has 3 nitrogen and oxygen atoms in total. The van der Waals surface area contributed by atoms with Gasteiger partial charge in [0.1, 0.15) is 0 Å². The van der Waals surface area contributed by atoms with Crippen molar-refractivity contribution in [1.82, 2.24) is 0 Å². The summed E-state index contributed by atoms with van der Waals surface area (Å²) < 4.78 is 12.0. The fraction of sp³-hybridized carbons (Fsp3) is 0.625. The van der Waals surface area contributed by atoms with Crippen LogP contribution in [0.2, 0.25) is 0 Å². The molecule has 1 aliphatic carbocycles. The predicted octanol–water partition coefficient (Wildman–Crippen LogP) is 2.93. The number of hydrogen-bond donors (Lipinski definition) is 1. The highest BCUT2D eigenvalue weighted by atomic mass is 16.5. The third-order valence-corrected chi connectivity index (χ3v) is 4.49. The Bertz CT molecular complexity index is 429. The molecule has 1 aromatic rings. The summed E-state index contributed by atoms with van der Waals surface area (Å²) in [6.07, 6.45) is 7.14. The summed E-state index contributed by atoms with van der Waals surface area (Å²) in [5, 5.41) is 0. The van der Waals surface area contributed by atoms with Crippen LogP contribution >= 0.6 is 0 Å². The Morgan fingerprint density at radius 1 is 1.32 bits per heavy atom. The van der Waals surface area contributed by atoms with Crippen molar-refractivity contribution in [3.8, 4) is 0 Å². The van der Waals surface area contributed by atoms with Gasteiger partial charge in [-0.15, -0.1) is 0 Å². The summed E-state index contributed by atoms with van der Waals surface area (Å²) in [6.45, 7) is 1.62. The number of rotatable bonds is 4. The zero-order valence-corrected chi connectivity index (χ0v) is 11.4. The number of para-hydroxylation sites is 1. The van der Waals surface area contributed by atoms with Crippen LogP contribution in [0.5, 0.6) is 0 Å². The molecule has 1 spiro atoms. The lowest BCUT2D eigenvalue weighted by Gasteiger charge is -2.47. The number of nitrogens with two attached hydrogens (primary N) is 1. The van der Waals surface area contributed by atoms with Crippen LogP contribution in [0.25, 0.3) is 0 Å². The van der Waals surface area contributed by atoms with Crippen LogP contribution in [0, 0.1) is 0 Å². The van der Waals surface area contributed by atoms with Gasteiger partial charge >= 0.3 is 0 Å². The maximum Gasteiger partial charge on any atom is 0.0707 e. The molecule has 0 amide bonds. The van der Waals surface area contributed by atoms with Gasteiger partial charge in [-0.25, -0.2) is 0 Å². The molecule has 2 fully saturated rings. The van der Waals surface area contributed by atoms with Gasteiger partial charge in [-0.05, 0) is 43.7 Å². The zero-order valence-electron chi connectivity index (χ0n) is 11.4. The number of hydrogen-bond acceptors (Lipinski definition) is 3. The zero-order chi connectivity index (χ0) is 13.1. The fourth-order valence-corrected chi connectivity index (χ4v) is 3.14. The molecule has 1 aromatic carbocycles. The quantitative estimate of drug-likeness (QED) is 0.848. The van der Waals surface area contributed by atoms with Gasteiger partial charge in [-0.1, -0.05) is 18.2 Å². The molecule has 104 valence electrons. The van der Waals surface area contributed by atoms with Crippen molar-refractivity contribution >= 4 is 5.69 Å². The van der Waals surface area contributed by atoms with E-state index in [1.54, 1.807) is 0 Å². The van der Waals surface area contributed by atoms with Crippen molar-refractivity contribution in [1.29, 1.82) is 0 Å². The molecule has 1 atom stereocenters. The summed E-state index contributed by atoms with van der Waals surface area (Å²) in [7, 11) is 0. The first kappa shape index (κ1) is 12.9. The molecule has 1 aliphatic heterocycles. The molecule has 0 radical (unpaired) electrons. The van der Waals surface area contributed by atoms with Crippen LogP contribution in [-0.4, -0.2) is 24.9 Å². The van der Waals surface area contributed by atoms with Crippen molar-refractivity contribution in [2.24, 2.45) is 0 Å². The Hall–Kier alpha value is -1.06. The van der Waals surface area contributed by atoms with Crippen LogP contribution in [0.4, 0.5) is 5.69 Å². The molecule has 1 saturated carbocycles. The van der Waals surface area contributed by atoms with Gasteiger partial charge in [-0.2, -0.15) is 0 Å². The number of anilines is 1. The summed E-state index contributed by atoms with van der Waals surface area (Å²) in [4.78, 5) is 0. The second-order valence-electron chi connectivity index (χ2n) is 5.82. The van der Waals surface area contributed by atoms with E-state index in [9.17, 15) is 0 Å².